The second kappa shape index (κ2) is 7.92. The number of hydrogen-bond acceptors (Lipinski definition) is 6. The van der Waals surface area contributed by atoms with Crippen molar-refractivity contribution in [1.29, 1.82) is 0 Å². The highest BCUT2D eigenvalue weighted by molar-refractivity contribution is 5.81. The van der Waals surface area contributed by atoms with Crippen LogP contribution in [-0.4, -0.2) is 40.1 Å². The fourth-order valence-electron chi connectivity index (χ4n) is 2.98. The molecule has 3 rings (SSSR count). The van der Waals surface area contributed by atoms with Crippen molar-refractivity contribution >= 4 is 11.9 Å². The molecule has 0 spiro atoms. The summed E-state index contributed by atoms with van der Waals surface area (Å²) < 4.78 is 10.3. The quantitative estimate of drug-likeness (QED) is 0.750. The smallest absolute Gasteiger partial charge is 0.306 e. The zero-order valence-corrected chi connectivity index (χ0v) is 14.2. The van der Waals surface area contributed by atoms with E-state index < -0.39 is 0 Å². The Morgan fingerprint density at radius 3 is 2.84 bits per heavy atom. The molecule has 0 unspecified atom stereocenters. The molecule has 2 aromatic rings. The number of amides is 1. The maximum absolute atomic E-state index is 12.4. The number of carbonyl (C=O) groups excluding carboxylic acids is 2. The van der Waals surface area contributed by atoms with Gasteiger partial charge in [-0.3, -0.25) is 9.59 Å². The minimum Gasteiger partial charge on any atom is -0.466 e. The highest BCUT2D eigenvalue weighted by Gasteiger charge is 2.34. The van der Waals surface area contributed by atoms with E-state index in [1.54, 1.807) is 11.8 Å². The molecule has 1 atom stereocenters. The van der Waals surface area contributed by atoms with Crippen LogP contribution in [0.2, 0.25) is 0 Å². The highest BCUT2D eigenvalue weighted by Crippen LogP contribution is 2.32. The lowest BCUT2D eigenvalue weighted by Gasteiger charge is -2.21. The molecule has 0 radical (unpaired) electrons. The Bertz CT molecular complexity index is 729. The van der Waals surface area contributed by atoms with Crippen molar-refractivity contribution in [2.75, 3.05) is 13.2 Å². The zero-order chi connectivity index (χ0) is 17.6. The van der Waals surface area contributed by atoms with Crippen molar-refractivity contribution in [2.24, 2.45) is 0 Å². The number of benzene rings is 1. The van der Waals surface area contributed by atoms with Gasteiger partial charge in [0.25, 0.3) is 0 Å². The van der Waals surface area contributed by atoms with Crippen molar-refractivity contribution in [1.82, 2.24) is 15.0 Å². The number of likely N-dealkylation sites (tertiary alicyclic amines) is 1. The van der Waals surface area contributed by atoms with Crippen molar-refractivity contribution in [3.8, 4) is 11.4 Å². The van der Waals surface area contributed by atoms with Crippen molar-refractivity contribution < 1.29 is 18.8 Å². The second-order valence-electron chi connectivity index (χ2n) is 5.87. The number of ether oxygens (including phenoxy) is 1. The topological polar surface area (TPSA) is 85.5 Å². The fourth-order valence-corrected chi connectivity index (χ4v) is 2.98. The van der Waals surface area contributed by atoms with E-state index in [9.17, 15) is 9.59 Å². The molecule has 1 aliphatic heterocycles. The van der Waals surface area contributed by atoms with Crippen LogP contribution >= 0.6 is 0 Å². The summed E-state index contributed by atoms with van der Waals surface area (Å²) in [5.41, 5.74) is 0.871. The van der Waals surface area contributed by atoms with Crippen LogP contribution in [0, 0.1) is 0 Å². The Morgan fingerprint density at radius 2 is 2.08 bits per heavy atom. The molecule has 7 heteroatoms. The first kappa shape index (κ1) is 17.1. The van der Waals surface area contributed by atoms with E-state index in [1.165, 1.54) is 0 Å². The summed E-state index contributed by atoms with van der Waals surface area (Å²) in [4.78, 5) is 30.1. The predicted octanol–water partition coefficient (Wildman–Crippen LogP) is 2.74. The van der Waals surface area contributed by atoms with Crippen LogP contribution in [0.5, 0.6) is 0 Å². The standard InChI is InChI=1S/C18H21N3O4/c1-2-24-16(23)11-10-15(22)21-12-6-9-14(21)18-19-17(20-25-18)13-7-4-3-5-8-13/h3-5,7-8,14H,2,6,9-12H2,1H3/t14-/m1/s1. The third-order valence-corrected chi connectivity index (χ3v) is 4.18. The normalized spacial score (nSPS) is 16.8. The number of nitrogens with zero attached hydrogens (tertiary/aromatic N) is 3. The van der Waals surface area contributed by atoms with Gasteiger partial charge < -0.3 is 14.2 Å². The van der Waals surface area contributed by atoms with Crippen LogP contribution < -0.4 is 0 Å². The largest absolute Gasteiger partial charge is 0.466 e. The molecule has 1 amide bonds. The fraction of sp³-hybridized carbons (Fsp3) is 0.444. The molecule has 1 aromatic heterocycles. The lowest BCUT2D eigenvalue weighted by atomic mass is 10.2. The maximum Gasteiger partial charge on any atom is 0.306 e. The Hall–Kier alpha value is -2.70. The van der Waals surface area contributed by atoms with E-state index in [1.807, 2.05) is 30.3 Å². The first-order chi connectivity index (χ1) is 12.2. The van der Waals surface area contributed by atoms with Gasteiger partial charge in [-0.25, -0.2) is 0 Å². The van der Waals surface area contributed by atoms with Gasteiger partial charge in [0.15, 0.2) is 0 Å². The molecule has 0 aliphatic carbocycles. The molecular weight excluding hydrogens is 322 g/mol. The maximum atomic E-state index is 12.4. The number of esters is 1. The van der Waals surface area contributed by atoms with E-state index in [4.69, 9.17) is 9.26 Å². The van der Waals surface area contributed by atoms with Gasteiger partial charge in [-0.05, 0) is 19.8 Å². The second-order valence-corrected chi connectivity index (χ2v) is 5.87. The summed E-state index contributed by atoms with van der Waals surface area (Å²) in [6, 6.07) is 9.33. The van der Waals surface area contributed by atoms with Gasteiger partial charge in [0.05, 0.1) is 13.0 Å². The van der Waals surface area contributed by atoms with Crippen molar-refractivity contribution in [2.45, 2.75) is 38.6 Å². The number of aromatic nitrogens is 2. The molecule has 7 nitrogen and oxygen atoms in total. The Morgan fingerprint density at radius 1 is 1.28 bits per heavy atom. The number of rotatable bonds is 6. The van der Waals surface area contributed by atoms with Gasteiger partial charge in [0.1, 0.15) is 6.04 Å². The molecule has 0 N–H and O–H groups in total. The Balaban J connectivity index is 1.66. The van der Waals surface area contributed by atoms with Gasteiger partial charge >= 0.3 is 5.97 Å². The molecule has 132 valence electrons. The predicted molar refractivity (Wildman–Crippen MR) is 89.3 cm³/mol. The van der Waals surface area contributed by atoms with Gasteiger partial charge in [0, 0.05) is 18.5 Å². The molecule has 1 aromatic carbocycles. The zero-order valence-electron chi connectivity index (χ0n) is 14.2. The molecule has 0 bridgehead atoms. The first-order valence-electron chi connectivity index (χ1n) is 8.53. The van der Waals surface area contributed by atoms with Crippen molar-refractivity contribution in [3.05, 3.63) is 36.2 Å². The van der Waals surface area contributed by atoms with Crippen LogP contribution in [0.3, 0.4) is 0 Å². The molecular formula is C18H21N3O4. The average molecular weight is 343 g/mol. The Kier molecular flexibility index (Phi) is 5.42. The monoisotopic (exact) mass is 343 g/mol. The lowest BCUT2D eigenvalue weighted by molar-refractivity contribution is -0.146. The van der Waals surface area contributed by atoms with Crippen LogP contribution in [0.15, 0.2) is 34.9 Å². The summed E-state index contributed by atoms with van der Waals surface area (Å²) >= 11 is 0. The molecule has 0 saturated carbocycles. The Labute approximate surface area is 146 Å². The SMILES string of the molecule is CCOC(=O)CCC(=O)N1CCC[C@@H]1c1nc(-c2ccccc2)no1. The van der Waals surface area contributed by atoms with Crippen LogP contribution in [0.1, 0.15) is 44.5 Å². The van der Waals surface area contributed by atoms with Crippen LogP contribution in [0.25, 0.3) is 11.4 Å². The molecule has 2 heterocycles. The molecule has 1 aliphatic rings. The molecule has 1 fully saturated rings. The minimum atomic E-state index is -0.351. The van der Waals surface area contributed by atoms with E-state index in [0.717, 1.165) is 18.4 Å². The summed E-state index contributed by atoms with van der Waals surface area (Å²) in [6.07, 6.45) is 1.88. The summed E-state index contributed by atoms with van der Waals surface area (Å²) in [6.45, 7) is 2.70. The summed E-state index contributed by atoms with van der Waals surface area (Å²) in [7, 11) is 0. The highest BCUT2D eigenvalue weighted by atomic mass is 16.5. The van der Waals surface area contributed by atoms with Gasteiger partial charge in [0.2, 0.25) is 17.6 Å². The third-order valence-electron chi connectivity index (χ3n) is 4.18. The van der Waals surface area contributed by atoms with Crippen LogP contribution in [-0.2, 0) is 14.3 Å². The van der Waals surface area contributed by atoms with E-state index in [-0.39, 0.29) is 30.8 Å². The van der Waals surface area contributed by atoms with Crippen molar-refractivity contribution in [3.63, 3.8) is 0 Å². The van der Waals surface area contributed by atoms with Gasteiger partial charge in [-0.2, -0.15) is 4.98 Å². The third kappa shape index (κ3) is 4.04. The summed E-state index contributed by atoms with van der Waals surface area (Å²) in [5.74, 6) is 0.521. The minimum absolute atomic E-state index is 0.0879. The van der Waals surface area contributed by atoms with E-state index >= 15 is 0 Å². The van der Waals surface area contributed by atoms with Crippen LogP contribution in [0.4, 0.5) is 0 Å². The van der Waals surface area contributed by atoms with Gasteiger partial charge in [-0.15, -0.1) is 0 Å². The van der Waals surface area contributed by atoms with E-state index in [0.29, 0.717) is 24.9 Å². The average Bonchev–Trinajstić information content (AvgIpc) is 3.29. The number of carbonyl (C=O) groups is 2. The van der Waals surface area contributed by atoms with E-state index in [2.05, 4.69) is 10.1 Å². The summed E-state index contributed by atoms with van der Waals surface area (Å²) in [5, 5.41) is 4.03. The number of hydrogen-bond donors (Lipinski definition) is 0. The lowest BCUT2D eigenvalue weighted by Crippen LogP contribution is -2.31. The first-order valence-corrected chi connectivity index (χ1v) is 8.53. The molecule has 25 heavy (non-hydrogen) atoms. The van der Waals surface area contributed by atoms with Gasteiger partial charge in [-0.1, -0.05) is 35.5 Å². The molecule has 1 saturated heterocycles.